The molecule has 2 N–H and O–H groups in total. The summed E-state index contributed by atoms with van der Waals surface area (Å²) in [6, 6.07) is 3.27. The lowest BCUT2D eigenvalue weighted by Crippen LogP contribution is -2.37. The minimum atomic E-state index is -0.955. The fourth-order valence-corrected chi connectivity index (χ4v) is 3.95. The van der Waals surface area contributed by atoms with Crippen molar-refractivity contribution in [2.75, 3.05) is 18.4 Å². The van der Waals surface area contributed by atoms with Crippen molar-refractivity contribution >= 4 is 28.5 Å². The van der Waals surface area contributed by atoms with Crippen LogP contribution in [0, 0.1) is 24.0 Å². The number of aryl methyl sites for hydroxylation is 1. The Balaban J connectivity index is 1.70. The largest absolute Gasteiger partial charge is 0.481 e. The van der Waals surface area contributed by atoms with Crippen LogP contribution in [-0.4, -0.2) is 40.1 Å². The zero-order valence-electron chi connectivity index (χ0n) is 14.9. The van der Waals surface area contributed by atoms with Gasteiger partial charge in [0.05, 0.1) is 11.1 Å². The topological polar surface area (TPSA) is 82.5 Å². The van der Waals surface area contributed by atoms with Gasteiger partial charge in [0.25, 0.3) is 0 Å². The molecule has 3 rings (SSSR count). The van der Waals surface area contributed by atoms with Crippen LogP contribution in [0.1, 0.15) is 29.5 Å². The maximum Gasteiger partial charge on any atom is 0.323 e. The van der Waals surface area contributed by atoms with Crippen LogP contribution < -0.4 is 5.32 Å². The standard InChI is InChI=1S/C18H19F2N3O3S/c1-10-14(8-11-12(19)4-3-5-13(11)20)27-16(21-10)22-17(26)23-7-6-18(2,9-23)15(24)25/h3-5H,6-9H2,1-2H3,(H,24,25)(H,21,22,26). The molecule has 1 aliphatic rings. The van der Waals surface area contributed by atoms with Crippen LogP contribution >= 0.6 is 11.3 Å². The number of hydrogen-bond acceptors (Lipinski definition) is 4. The molecule has 0 aliphatic carbocycles. The molecule has 0 radical (unpaired) electrons. The number of benzene rings is 1. The number of carbonyl (C=O) groups is 2. The van der Waals surface area contributed by atoms with Gasteiger partial charge in [-0.2, -0.15) is 0 Å². The van der Waals surface area contributed by atoms with E-state index in [9.17, 15) is 23.5 Å². The van der Waals surface area contributed by atoms with Crippen LogP contribution in [0.3, 0.4) is 0 Å². The number of carboxylic acid groups (broad SMARTS) is 1. The number of nitrogens with zero attached hydrogens (tertiary/aromatic N) is 2. The number of hydrogen-bond donors (Lipinski definition) is 2. The lowest BCUT2D eigenvalue weighted by molar-refractivity contribution is -0.146. The number of likely N-dealkylation sites (tertiary alicyclic amines) is 1. The molecule has 0 saturated carbocycles. The summed E-state index contributed by atoms with van der Waals surface area (Å²) in [5.74, 6) is -2.19. The molecule has 1 aromatic carbocycles. The molecule has 1 unspecified atom stereocenters. The molecule has 1 saturated heterocycles. The summed E-state index contributed by atoms with van der Waals surface area (Å²) in [4.78, 5) is 30.0. The number of rotatable bonds is 4. The average Bonchev–Trinajstić information content (AvgIpc) is 3.15. The Kier molecular flexibility index (Phi) is 5.14. The second-order valence-corrected chi connectivity index (χ2v) is 7.96. The van der Waals surface area contributed by atoms with Gasteiger partial charge in [-0.3, -0.25) is 10.1 Å². The minimum absolute atomic E-state index is 0.0404. The first-order valence-electron chi connectivity index (χ1n) is 8.38. The number of urea groups is 1. The Morgan fingerprint density at radius 1 is 1.37 bits per heavy atom. The third-order valence-corrected chi connectivity index (χ3v) is 5.86. The molecule has 2 amide bonds. The summed E-state index contributed by atoms with van der Waals surface area (Å²) in [6.07, 6.45) is 0.420. The Morgan fingerprint density at radius 2 is 2.04 bits per heavy atom. The highest BCUT2D eigenvalue weighted by Crippen LogP contribution is 2.31. The molecule has 1 aliphatic heterocycles. The van der Waals surface area contributed by atoms with Crippen LogP contribution in [-0.2, 0) is 11.2 Å². The van der Waals surface area contributed by atoms with E-state index in [-0.39, 0.29) is 18.5 Å². The van der Waals surface area contributed by atoms with E-state index in [2.05, 4.69) is 10.3 Å². The van der Waals surface area contributed by atoms with Gasteiger partial charge in [0.1, 0.15) is 11.6 Å². The third-order valence-electron chi connectivity index (χ3n) is 4.78. The van der Waals surface area contributed by atoms with Crippen molar-refractivity contribution < 1.29 is 23.5 Å². The molecule has 9 heteroatoms. The quantitative estimate of drug-likeness (QED) is 0.828. The summed E-state index contributed by atoms with van der Waals surface area (Å²) in [6.45, 7) is 3.77. The Hall–Kier alpha value is -2.55. The SMILES string of the molecule is Cc1nc(NC(=O)N2CCC(C)(C(=O)O)C2)sc1Cc1c(F)cccc1F. The van der Waals surface area contributed by atoms with Crippen molar-refractivity contribution in [3.8, 4) is 0 Å². The number of carboxylic acids is 1. The summed E-state index contributed by atoms with van der Waals surface area (Å²) in [5, 5.41) is 12.2. The normalized spacial score (nSPS) is 19.3. The fraction of sp³-hybridized carbons (Fsp3) is 0.389. The van der Waals surface area contributed by atoms with E-state index in [0.717, 1.165) is 11.3 Å². The number of anilines is 1. The van der Waals surface area contributed by atoms with Crippen LogP contribution in [0.5, 0.6) is 0 Å². The van der Waals surface area contributed by atoms with Gasteiger partial charge in [0, 0.05) is 30.0 Å². The van der Waals surface area contributed by atoms with Crippen molar-refractivity contribution in [2.24, 2.45) is 5.41 Å². The maximum absolute atomic E-state index is 13.8. The molecule has 1 atom stereocenters. The number of amides is 2. The molecule has 2 aromatic rings. The zero-order valence-corrected chi connectivity index (χ0v) is 15.7. The highest BCUT2D eigenvalue weighted by atomic mass is 32.1. The van der Waals surface area contributed by atoms with Crippen LogP contribution in [0.2, 0.25) is 0 Å². The van der Waals surface area contributed by atoms with E-state index in [1.165, 1.54) is 23.1 Å². The monoisotopic (exact) mass is 395 g/mol. The molecule has 144 valence electrons. The lowest BCUT2D eigenvalue weighted by atomic mass is 9.90. The second-order valence-electron chi connectivity index (χ2n) is 6.87. The minimum Gasteiger partial charge on any atom is -0.481 e. The number of nitrogens with one attached hydrogen (secondary N) is 1. The zero-order chi connectivity index (χ0) is 19.8. The fourth-order valence-electron chi connectivity index (χ4n) is 2.99. The van der Waals surface area contributed by atoms with E-state index in [4.69, 9.17) is 0 Å². The number of carbonyl (C=O) groups excluding carboxylic acids is 1. The predicted octanol–water partition coefficient (Wildman–Crippen LogP) is 3.65. The molecular weight excluding hydrogens is 376 g/mol. The first-order chi connectivity index (χ1) is 12.7. The third kappa shape index (κ3) is 3.92. The molecule has 1 aromatic heterocycles. The molecule has 0 bridgehead atoms. The molecule has 2 heterocycles. The second kappa shape index (κ2) is 7.22. The maximum atomic E-state index is 13.8. The van der Waals surface area contributed by atoms with Crippen molar-refractivity contribution in [1.29, 1.82) is 0 Å². The predicted molar refractivity (Wildman–Crippen MR) is 97.0 cm³/mol. The van der Waals surface area contributed by atoms with Crippen LogP contribution in [0.15, 0.2) is 18.2 Å². The van der Waals surface area contributed by atoms with E-state index in [1.54, 1.807) is 13.8 Å². The summed E-state index contributed by atoms with van der Waals surface area (Å²) in [5.41, 5.74) is -0.419. The van der Waals surface area contributed by atoms with Gasteiger partial charge in [-0.15, -0.1) is 11.3 Å². The van der Waals surface area contributed by atoms with Crippen LogP contribution in [0.25, 0.3) is 0 Å². The van der Waals surface area contributed by atoms with Crippen molar-refractivity contribution in [3.05, 3.63) is 46.0 Å². The number of aromatic nitrogens is 1. The van der Waals surface area contributed by atoms with Crippen molar-refractivity contribution in [3.63, 3.8) is 0 Å². The highest BCUT2D eigenvalue weighted by Gasteiger charge is 2.42. The number of halogens is 2. The molecule has 1 fully saturated rings. The van der Waals surface area contributed by atoms with E-state index < -0.39 is 29.0 Å². The van der Waals surface area contributed by atoms with Crippen molar-refractivity contribution in [1.82, 2.24) is 9.88 Å². The Morgan fingerprint density at radius 3 is 2.63 bits per heavy atom. The summed E-state index contributed by atoms with van der Waals surface area (Å²) >= 11 is 1.15. The van der Waals surface area contributed by atoms with Gasteiger partial charge >= 0.3 is 12.0 Å². The van der Waals surface area contributed by atoms with Gasteiger partial charge in [-0.25, -0.2) is 18.6 Å². The van der Waals surface area contributed by atoms with Crippen LogP contribution in [0.4, 0.5) is 18.7 Å². The first-order valence-corrected chi connectivity index (χ1v) is 9.20. The molecule has 27 heavy (non-hydrogen) atoms. The summed E-state index contributed by atoms with van der Waals surface area (Å²) < 4.78 is 27.7. The summed E-state index contributed by atoms with van der Waals surface area (Å²) in [7, 11) is 0. The number of aliphatic carboxylic acids is 1. The van der Waals surface area contributed by atoms with E-state index in [1.807, 2.05) is 0 Å². The number of thiazole rings is 1. The molecule has 6 nitrogen and oxygen atoms in total. The van der Waals surface area contributed by atoms with Gasteiger partial charge in [-0.05, 0) is 32.4 Å². The van der Waals surface area contributed by atoms with Crippen molar-refractivity contribution in [2.45, 2.75) is 26.7 Å². The Labute approximate surface area is 158 Å². The Bertz CT molecular complexity index is 882. The van der Waals surface area contributed by atoms with Gasteiger partial charge in [0.15, 0.2) is 5.13 Å². The van der Waals surface area contributed by atoms with Gasteiger partial charge < -0.3 is 10.0 Å². The first kappa shape index (κ1) is 19.2. The highest BCUT2D eigenvalue weighted by molar-refractivity contribution is 7.15. The molecular formula is C18H19F2N3O3S. The lowest BCUT2D eigenvalue weighted by Gasteiger charge is -2.19. The van der Waals surface area contributed by atoms with E-state index in [0.29, 0.717) is 28.7 Å². The smallest absolute Gasteiger partial charge is 0.323 e. The molecule has 0 spiro atoms. The van der Waals surface area contributed by atoms with Gasteiger partial charge in [-0.1, -0.05) is 6.07 Å². The van der Waals surface area contributed by atoms with E-state index >= 15 is 0 Å². The average molecular weight is 395 g/mol. The van der Waals surface area contributed by atoms with Gasteiger partial charge in [0.2, 0.25) is 0 Å².